The molecule has 0 amide bonds. The average molecular weight is 532 g/mol. The zero-order chi connectivity index (χ0) is 16.1. The van der Waals surface area contributed by atoms with Gasteiger partial charge < -0.3 is 0 Å². The van der Waals surface area contributed by atoms with Gasteiger partial charge in [-0.2, -0.15) is 0 Å². The van der Waals surface area contributed by atoms with Gasteiger partial charge in [0.15, 0.2) is 0 Å². The monoisotopic (exact) mass is 532 g/mol. The van der Waals surface area contributed by atoms with E-state index in [2.05, 4.69) is 39.9 Å². The van der Waals surface area contributed by atoms with Crippen molar-refractivity contribution in [3.05, 3.63) is 9.66 Å². The minimum atomic E-state index is -1.26. The van der Waals surface area contributed by atoms with Crippen LogP contribution in [0.1, 0.15) is 52.9 Å². The normalized spacial score (nSPS) is 23.0. The number of rotatable bonds is 5. The van der Waals surface area contributed by atoms with Gasteiger partial charge in [0.05, 0.1) is 0 Å². The fourth-order valence-electron chi connectivity index (χ4n) is 3.25. The molecule has 1 aliphatic heterocycles. The van der Waals surface area contributed by atoms with E-state index in [1.807, 2.05) is 10.6 Å². The summed E-state index contributed by atoms with van der Waals surface area (Å²) in [5.74, 6) is 2.16. The van der Waals surface area contributed by atoms with Crippen LogP contribution in [0, 0.1) is 5.92 Å². The van der Waals surface area contributed by atoms with Crippen molar-refractivity contribution < 1.29 is 0 Å². The van der Waals surface area contributed by atoms with Crippen molar-refractivity contribution >= 4 is 45.7 Å². The Labute approximate surface area is 152 Å². The van der Waals surface area contributed by atoms with Crippen molar-refractivity contribution in [2.75, 3.05) is 25.3 Å². The summed E-state index contributed by atoms with van der Waals surface area (Å²) >= 11 is -1.88. The second kappa shape index (κ2) is 9.23. The maximum atomic E-state index is 4.65. The van der Waals surface area contributed by atoms with Gasteiger partial charge in [-0.05, 0) is 0 Å². The SMILES string of the molecule is CN=C(C)N(C1CCCCC1)I(CC(C)C)C1=CCI(C)C1. The zero-order valence-corrected chi connectivity index (χ0v) is 19.4. The van der Waals surface area contributed by atoms with Gasteiger partial charge in [-0.15, -0.1) is 0 Å². The fourth-order valence-corrected chi connectivity index (χ4v) is 19.7. The molecule has 0 aromatic heterocycles. The first-order valence-electron chi connectivity index (χ1n) is 8.62. The molecule has 0 saturated heterocycles. The minimum absolute atomic E-state index is 0.622. The molecule has 22 heavy (non-hydrogen) atoms. The molecule has 0 spiro atoms. The summed E-state index contributed by atoms with van der Waals surface area (Å²) in [6.45, 7) is 7.11. The Morgan fingerprint density at radius 1 is 1.36 bits per heavy atom. The van der Waals surface area contributed by atoms with E-state index >= 15 is 0 Å². The molecule has 0 aromatic carbocycles. The topological polar surface area (TPSA) is 15.6 Å². The van der Waals surface area contributed by atoms with E-state index in [0.29, 0.717) is 0 Å². The first kappa shape index (κ1) is 19.0. The van der Waals surface area contributed by atoms with Crippen LogP contribution in [0.2, 0.25) is 0 Å². The molecule has 130 valence electrons. The molecule has 1 aliphatic carbocycles. The van der Waals surface area contributed by atoms with Crippen LogP contribution in [0.5, 0.6) is 0 Å². The van der Waals surface area contributed by atoms with E-state index in [1.54, 1.807) is 0 Å². The molecule has 4 heteroatoms. The van der Waals surface area contributed by atoms with Crippen molar-refractivity contribution in [2.24, 2.45) is 10.9 Å². The number of allylic oxidation sites excluding steroid dienone is 2. The van der Waals surface area contributed by atoms with E-state index in [9.17, 15) is 0 Å². The molecule has 0 atom stereocenters. The van der Waals surface area contributed by atoms with E-state index in [0.717, 1.165) is 12.0 Å². The number of amidine groups is 1. The van der Waals surface area contributed by atoms with Crippen LogP contribution >= 0.6 is 39.9 Å². The van der Waals surface area contributed by atoms with Gasteiger partial charge in [-0.3, -0.25) is 0 Å². The summed E-state index contributed by atoms with van der Waals surface area (Å²) in [4.78, 5) is 7.22. The van der Waals surface area contributed by atoms with Gasteiger partial charge in [0, 0.05) is 0 Å². The molecule has 0 unspecified atom stereocenters. The number of nitrogens with zero attached hydrogens (tertiary/aromatic N) is 2. The standard InChI is InChI=1S/C18H34I2N2/c1-15(2)13-20(17-11-12-19(4)14-17)22(16(3)21-5)18-9-7-6-8-10-18/h11,15,18H,6-10,12-14H2,1-5H3. The van der Waals surface area contributed by atoms with Crippen LogP contribution in [0.25, 0.3) is 0 Å². The fraction of sp³-hybridized carbons (Fsp3) is 0.833. The summed E-state index contributed by atoms with van der Waals surface area (Å²) in [5, 5.41) is 0. The molecule has 2 nitrogen and oxygen atoms in total. The molecule has 2 rings (SSSR count). The van der Waals surface area contributed by atoms with Gasteiger partial charge in [0.2, 0.25) is 0 Å². The number of halogens is 2. The van der Waals surface area contributed by atoms with Crippen LogP contribution in [-0.4, -0.2) is 40.3 Å². The van der Waals surface area contributed by atoms with Crippen molar-refractivity contribution in [3.63, 3.8) is 0 Å². The Balaban J connectivity index is 2.25. The van der Waals surface area contributed by atoms with E-state index in [1.165, 1.54) is 51.2 Å². The van der Waals surface area contributed by atoms with Crippen molar-refractivity contribution in [1.29, 1.82) is 0 Å². The Hall–Kier alpha value is 0.670. The Bertz CT molecular complexity index is 411. The third kappa shape index (κ3) is 5.08. The quantitative estimate of drug-likeness (QED) is 0.144. The van der Waals surface area contributed by atoms with Gasteiger partial charge in [-0.1, -0.05) is 0 Å². The predicted octanol–water partition coefficient (Wildman–Crippen LogP) is 5.78. The molecule has 0 radical (unpaired) electrons. The number of alkyl halides is 4. The Morgan fingerprint density at radius 3 is 2.55 bits per heavy atom. The number of hydrogen-bond donors (Lipinski definition) is 0. The van der Waals surface area contributed by atoms with Crippen LogP contribution in [-0.2, 0) is 0 Å². The van der Waals surface area contributed by atoms with Gasteiger partial charge in [0.1, 0.15) is 0 Å². The van der Waals surface area contributed by atoms with E-state index < -0.39 is 39.9 Å². The molecule has 1 heterocycles. The summed E-state index contributed by atoms with van der Waals surface area (Å²) in [6.07, 6.45) is 9.78. The van der Waals surface area contributed by atoms with Crippen LogP contribution < -0.4 is 0 Å². The summed E-state index contributed by atoms with van der Waals surface area (Å²) in [7, 11) is 2.00. The van der Waals surface area contributed by atoms with Crippen molar-refractivity contribution in [1.82, 2.24) is 3.11 Å². The average Bonchev–Trinajstić information content (AvgIpc) is 2.93. The van der Waals surface area contributed by atoms with E-state index in [4.69, 9.17) is 0 Å². The molecule has 2 aliphatic rings. The predicted molar refractivity (Wildman–Crippen MR) is 119 cm³/mol. The first-order chi connectivity index (χ1) is 10.5. The number of hydrogen-bond acceptors (Lipinski definition) is 1. The van der Waals surface area contributed by atoms with Crippen LogP contribution in [0.15, 0.2) is 14.6 Å². The summed E-state index contributed by atoms with van der Waals surface area (Å²) < 4.78 is 9.24. The van der Waals surface area contributed by atoms with Gasteiger partial charge >= 0.3 is 154 Å². The second-order valence-electron chi connectivity index (χ2n) is 6.92. The Morgan fingerprint density at radius 2 is 2.05 bits per heavy atom. The van der Waals surface area contributed by atoms with Gasteiger partial charge in [0.25, 0.3) is 0 Å². The molecular formula is C18H34I2N2. The molecule has 1 fully saturated rings. The third-order valence-electron chi connectivity index (χ3n) is 4.40. The van der Waals surface area contributed by atoms with Crippen molar-refractivity contribution in [3.8, 4) is 0 Å². The van der Waals surface area contributed by atoms with Crippen LogP contribution in [0.3, 0.4) is 0 Å². The molecule has 0 N–H and O–H groups in total. The van der Waals surface area contributed by atoms with Gasteiger partial charge in [-0.25, -0.2) is 0 Å². The number of aliphatic imine (C=N–C) groups is 1. The second-order valence-corrected chi connectivity index (χ2v) is 17.9. The maximum absolute atomic E-state index is 4.65. The third-order valence-corrected chi connectivity index (χ3v) is 17.7. The summed E-state index contributed by atoms with van der Waals surface area (Å²) in [6, 6.07) is 0.794. The molecule has 1 saturated carbocycles. The van der Waals surface area contributed by atoms with E-state index in [-0.39, 0.29) is 0 Å². The summed E-state index contributed by atoms with van der Waals surface area (Å²) in [5.41, 5.74) is 0. The first-order valence-corrected chi connectivity index (χ1v) is 17.4. The van der Waals surface area contributed by atoms with Crippen LogP contribution in [0.4, 0.5) is 0 Å². The molecule has 0 aromatic rings. The molecule has 0 bridgehead atoms. The van der Waals surface area contributed by atoms with Crippen molar-refractivity contribution in [2.45, 2.75) is 58.9 Å². The molecular weight excluding hydrogens is 498 g/mol. The zero-order valence-electron chi connectivity index (χ0n) is 15.0. The Kier molecular flexibility index (Phi) is 7.97.